The van der Waals surface area contributed by atoms with Crippen molar-refractivity contribution in [2.24, 2.45) is 5.92 Å². The Labute approximate surface area is 130 Å². The molecule has 0 radical (unpaired) electrons. The maximum atomic E-state index is 12.1. The quantitative estimate of drug-likeness (QED) is 0.633. The van der Waals surface area contributed by atoms with E-state index in [0.29, 0.717) is 24.5 Å². The van der Waals surface area contributed by atoms with Crippen molar-refractivity contribution < 1.29 is 14.3 Å². The van der Waals surface area contributed by atoms with Crippen LogP contribution in [0.15, 0.2) is 36.4 Å². The van der Waals surface area contributed by atoms with Crippen LogP contribution in [0.3, 0.4) is 0 Å². The summed E-state index contributed by atoms with van der Waals surface area (Å²) in [6.07, 6.45) is 8.99. The van der Waals surface area contributed by atoms with Gasteiger partial charge in [-0.15, -0.1) is 0 Å². The van der Waals surface area contributed by atoms with Gasteiger partial charge in [-0.1, -0.05) is 12.2 Å². The third-order valence-electron chi connectivity index (χ3n) is 4.32. The molecule has 116 valence electrons. The summed E-state index contributed by atoms with van der Waals surface area (Å²) in [4.78, 5) is 25.5. The molecule has 0 bridgehead atoms. The molecule has 4 heteroatoms. The molecule has 0 N–H and O–H groups in total. The zero-order valence-electron chi connectivity index (χ0n) is 12.7. The molecule has 1 aliphatic heterocycles. The van der Waals surface area contributed by atoms with Crippen molar-refractivity contribution in [2.75, 3.05) is 18.1 Å². The van der Waals surface area contributed by atoms with Crippen molar-refractivity contribution in [3.8, 4) is 0 Å². The smallest absolute Gasteiger partial charge is 0.338 e. The van der Waals surface area contributed by atoms with Crippen LogP contribution in [-0.4, -0.2) is 25.0 Å². The van der Waals surface area contributed by atoms with Gasteiger partial charge in [-0.2, -0.15) is 0 Å². The van der Waals surface area contributed by atoms with E-state index in [4.69, 9.17) is 4.74 Å². The standard InChI is InChI=1S/C18H21NO3/c20-17-7-4-12-19(17)16-10-8-15(9-11-16)18(21)22-13-14-5-2-1-3-6-14/h1-2,8-11,14H,3-7,12-13H2. The zero-order valence-corrected chi connectivity index (χ0v) is 12.7. The van der Waals surface area contributed by atoms with Crippen LogP contribution < -0.4 is 4.90 Å². The highest BCUT2D eigenvalue weighted by molar-refractivity contribution is 5.96. The van der Waals surface area contributed by atoms with Crippen LogP contribution in [0.2, 0.25) is 0 Å². The fraction of sp³-hybridized carbons (Fsp3) is 0.444. The predicted octanol–water partition coefficient (Wildman–Crippen LogP) is 3.33. The third-order valence-corrected chi connectivity index (χ3v) is 4.32. The number of ether oxygens (including phenoxy) is 1. The van der Waals surface area contributed by atoms with Crippen molar-refractivity contribution in [3.05, 3.63) is 42.0 Å². The van der Waals surface area contributed by atoms with Crippen molar-refractivity contribution in [2.45, 2.75) is 32.1 Å². The van der Waals surface area contributed by atoms with Gasteiger partial charge in [-0.05, 0) is 55.9 Å². The molecule has 2 aliphatic rings. The first-order valence-corrected chi connectivity index (χ1v) is 7.96. The Balaban J connectivity index is 1.56. The number of anilines is 1. The zero-order chi connectivity index (χ0) is 15.4. The van der Waals surface area contributed by atoms with Gasteiger partial charge in [0.25, 0.3) is 0 Å². The van der Waals surface area contributed by atoms with Gasteiger partial charge in [0.15, 0.2) is 0 Å². The maximum Gasteiger partial charge on any atom is 0.338 e. The molecule has 22 heavy (non-hydrogen) atoms. The molecule has 4 nitrogen and oxygen atoms in total. The molecule has 1 amide bonds. The SMILES string of the molecule is O=C(OCC1CC=CCC1)c1ccc(N2CCCC2=O)cc1. The summed E-state index contributed by atoms with van der Waals surface area (Å²) in [5.41, 5.74) is 1.40. The van der Waals surface area contributed by atoms with E-state index >= 15 is 0 Å². The Bertz CT molecular complexity index is 576. The van der Waals surface area contributed by atoms with E-state index in [1.165, 1.54) is 0 Å². The minimum absolute atomic E-state index is 0.153. The van der Waals surface area contributed by atoms with E-state index in [-0.39, 0.29) is 11.9 Å². The summed E-state index contributed by atoms with van der Waals surface area (Å²) >= 11 is 0. The lowest BCUT2D eigenvalue weighted by Crippen LogP contribution is -2.23. The average Bonchev–Trinajstić information content (AvgIpc) is 3.00. The lowest BCUT2D eigenvalue weighted by Gasteiger charge is -2.18. The second-order valence-corrected chi connectivity index (χ2v) is 5.94. The van der Waals surface area contributed by atoms with Gasteiger partial charge < -0.3 is 9.64 Å². The van der Waals surface area contributed by atoms with Crippen LogP contribution in [0.4, 0.5) is 5.69 Å². The Morgan fingerprint density at radius 1 is 1.23 bits per heavy atom. The summed E-state index contributed by atoms with van der Waals surface area (Å²) < 4.78 is 5.40. The number of allylic oxidation sites excluding steroid dienone is 2. The molecule has 1 aromatic rings. The van der Waals surface area contributed by atoms with Crippen molar-refractivity contribution in [1.82, 2.24) is 0 Å². The van der Waals surface area contributed by atoms with Crippen molar-refractivity contribution in [1.29, 1.82) is 0 Å². The maximum absolute atomic E-state index is 12.1. The fourth-order valence-corrected chi connectivity index (χ4v) is 2.98. The van der Waals surface area contributed by atoms with E-state index in [1.807, 2.05) is 12.1 Å². The second kappa shape index (κ2) is 6.77. The van der Waals surface area contributed by atoms with Crippen LogP contribution in [0.25, 0.3) is 0 Å². The average molecular weight is 299 g/mol. The first-order chi connectivity index (χ1) is 10.7. The van der Waals surface area contributed by atoms with E-state index in [0.717, 1.165) is 37.9 Å². The highest BCUT2D eigenvalue weighted by Gasteiger charge is 2.22. The highest BCUT2D eigenvalue weighted by atomic mass is 16.5. The molecule has 1 aliphatic carbocycles. The number of hydrogen-bond acceptors (Lipinski definition) is 3. The number of nitrogens with zero attached hydrogens (tertiary/aromatic N) is 1. The topological polar surface area (TPSA) is 46.6 Å². The van der Waals surface area contributed by atoms with Gasteiger partial charge in [0.1, 0.15) is 0 Å². The molecule has 1 fully saturated rings. The lowest BCUT2D eigenvalue weighted by molar-refractivity contribution is -0.117. The molecular formula is C18H21NO3. The first kappa shape index (κ1) is 14.8. The summed E-state index contributed by atoms with van der Waals surface area (Å²) in [6.45, 7) is 1.24. The second-order valence-electron chi connectivity index (χ2n) is 5.94. The molecule has 1 atom stereocenters. The summed E-state index contributed by atoms with van der Waals surface area (Å²) in [5.74, 6) is 0.310. The van der Waals surface area contributed by atoms with E-state index < -0.39 is 0 Å². The van der Waals surface area contributed by atoms with Crippen LogP contribution >= 0.6 is 0 Å². The molecule has 0 spiro atoms. The van der Waals surface area contributed by atoms with Gasteiger partial charge in [-0.25, -0.2) is 4.79 Å². The Morgan fingerprint density at radius 2 is 2.05 bits per heavy atom. The van der Waals surface area contributed by atoms with E-state index in [2.05, 4.69) is 12.2 Å². The number of rotatable bonds is 4. The summed E-state index contributed by atoms with van der Waals surface area (Å²) in [5, 5.41) is 0. The van der Waals surface area contributed by atoms with Crippen molar-refractivity contribution >= 4 is 17.6 Å². The Hall–Kier alpha value is -2.10. The normalized spacial score (nSPS) is 21.2. The molecular weight excluding hydrogens is 278 g/mol. The number of carbonyl (C=O) groups is 2. The van der Waals surface area contributed by atoms with Gasteiger partial charge in [0.2, 0.25) is 5.91 Å². The van der Waals surface area contributed by atoms with E-state index in [9.17, 15) is 9.59 Å². The molecule has 1 saturated heterocycles. The van der Waals surface area contributed by atoms with Gasteiger partial charge in [-0.3, -0.25) is 4.79 Å². The van der Waals surface area contributed by atoms with Gasteiger partial charge >= 0.3 is 5.97 Å². The number of carbonyl (C=O) groups excluding carboxylic acids is 2. The predicted molar refractivity (Wildman–Crippen MR) is 84.8 cm³/mol. The first-order valence-electron chi connectivity index (χ1n) is 7.96. The number of hydrogen-bond donors (Lipinski definition) is 0. The highest BCUT2D eigenvalue weighted by Crippen LogP contribution is 2.22. The number of benzene rings is 1. The molecule has 1 aromatic carbocycles. The van der Waals surface area contributed by atoms with Crippen LogP contribution in [0, 0.1) is 5.92 Å². The molecule has 1 heterocycles. The van der Waals surface area contributed by atoms with Crippen LogP contribution in [-0.2, 0) is 9.53 Å². The lowest BCUT2D eigenvalue weighted by atomic mass is 9.95. The van der Waals surface area contributed by atoms with Crippen molar-refractivity contribution in [3.63, 3.8) is 0 Å². The third kappa shape index (κ3) is 3.38. The number of esters is 1. The monoisotopic (exact) mass is 299 g/mol. The minimum Gasteiger partial charge on any atom is -0.462 e. The molecule has 0 aromatic heterocycles. The van der Waals surface area contributed by atoms with Gasteiger partial charge in [0, 0.05) is 18.7 Å². The molecule has 3 rings (SSSR count). The molecule has 0 saturated carbocycles. The Morgan fingerprint density at radius 3 is 2.68 bits per heavy atom. The van der Waals surface area contributed by atoms with E-state index in [1.54, 1.807) is 17.0 Å². The van der Waals surface area contributed by atoms with Crippen LogP contribution in [0.5, 0.6) is 0 Å². The fourth-order valence-electron chi connectivity index (χ4n) is 2.98. The summed E-state index contributed by atoms with van der Waals surface area (Å²) in [6, 6.07) is 7.13. The largest absolute Gasteiger partial charge is 0.462 e. The minimum atomic E-state index is -0.283. The molecule has 1 unspecified atom stereocenters. The summed E-state index contributed by atoms with van der Waals surface area (Å²) in [7, 11) is 0. The van der Waals surface area contributed by atoms with Gasteiger partial charge in [0.05, 0.1) is 12.2 Å². The Kier molecular flexibility index (Phi) is 4.56. The van der Waals surface area contributed by atoms with Crippen LogP contribution in [0.1, 0.15) is 42.5 Å². The number of amides is 1.